The van der Waals surface area contributed by atoms with Crippen LogP contribution in [-0.2, 0) is 6.42 Å². The molecular weight excluding hydrogens is 268 g/mol. The number of rotatable bonds is 4. The Labute approximate surface area is 125 Å². The minimum atomic E-state index is -0.929. The lowest BCUT2D eigenvalue weighted by molar-refractivity contribution is 0.0695. The van der Waals surface area contributed by atoms with E-state index in [1.165, 1.54) is 0 Å². The lowest BCUT2D eigenvalue weighted by Crippen LogP contribution is -2.46. The molecule has 2 amide bonds. The van der Waals surface area contributed by atoms with Gasteiger partial charge in [0.2, 0.25) is 0 Å². The fourth-order valence-electron chi connectivity index (χ4n) is 2.85. The number of benzene rings is 1. The van der Waals surface area contributed by atoms with Gasteiger partial charge in [-0.3, -0.25) is 4.90 Å². The molecule has 0 spiro atoms. The Kier molecular flexibility index (Phi) is 4.83. The number of urea groups is 1. The van der Waals surface area contributed by atoms with E-state index >= 15 is 0 Å². The molecule has 2 rings (SSSR count). The summed E-state index contributed by atoms with van der Waals surface area (Å²) in [7, 11) is 0. The Hall–Kier alpha value is -2.04. The summed E-state index contributed by atoms with van der Waals surface area (Å²) >= 11 is 0. The second-order valence-electron chi connectivity index (χ2n) is 5.23. The first-order valence-electron chi connectivity index (χ1n) is 7.51. The van der Waals surface area contributed by atoms with E-state index in [2.05, 4.69) is 0 Å². The van der Waals surface area contributed by atoms with E-state index in [1.54, 1.807) is 17.0 Å². The van der Waals surface area contributed by atoms with Gasteiger partial charge in [-0.1, -0.05) is 13.0 Å². The lowest BCUT2D eigenvalue weighted by Gasteiger charge is -2.34. The fourth-order valence-corrected chi connectivity index (χ4v) is 2.85. The Morgan fingerprint density at radius 3 is 2.71 bits per heavy atom. The molecule has 0 saturated carbocycles. The second-order valence-corrected chi connectivity index (χ2v) is 5.23. The minimum Gasteiger partial charge on any atom is -0.478 e. The van der Waals surface area contributed by atoms with E-state index in [-0.39, 0.29) is 6.03 Å². The summed E-state index contributed by atoms with van der Waals surface area (Å²) in [5.74, 6) is -0.929. The van der Waals surface area contributed by atoms with Crippen molar-refractivity contribution >= 4 is 17.7 Å². The largest absolute Gasteiger partial charge is 0.478 e. The minimum absolute atomic E-state index is 0.0251. The Balaban J connectivity index is 2.36. The average Bonchev–Trinajstić information content (AvgIpc) is 2.50. The number of fused-ring (bicyclic) bond motifs is 1. The fraction of sp³-hybridized carbons (Fsp3) is 0.500. The zero-order chi connectivity index (χ0) is 15.4. The molecule has 0 atom stereocenters. The van der Waals surface area contributed by atoms with Crippen molar-refractivity contribution < 1.29 is 14.7 Å². The Bertz CT molecular complexity index is 542. The van der Waals surface area contributed by atoms with Gasteiger partial charge < -0.3 is 10.0 Å². The lowest BCUT2D eigenvalue weighted by atomic mass is 9.96. The smallest absolute Gasteiger partial charge is 0.336 e. The van der Waals surface area contributed by atoms with Crippen LogP contribution in [0.2, 0.25) is 0 Å². The molecule has 0 radical (unpaired) electrons. The maximum atomic E-state index is 12.7. The summed E-state index contributed by atoms with van der Waals surface area (Å²) in [6.07, 6.45) is 2.42. The molecule has 1 heterocycles. The first-order chi connectivity index (χ1) is 10.1. The number of carbonyl (C=O) groups excluding carboxylic acids is 1. The van der Waals surface area contributed by atoms with Gasteiger partial charge in [0.05, 0.1) is 5.56 Å². The molecule has 5 nitrogen and oxygen atoms in total. The molecule has 0 bridgehead atoms. The molecule has 1 aromatic carbocycles. The standard InChI is InChI=1S/C16H22N2O3/c1-3-10-17(4-2)16(21)18-11-6-8-12-13(15(19)20)7-5-9-14(12)18/h5,7,9H,3-4,6,8,10-11H2,1-2H3,(H,19,20). The highest BCUT2D eigenvalue weighted by Crippen LogP contribution is 2.30. The number of nitrogens with zero attached hydrogens (tertiary/aromatic N) is 2. The van der Waals surface area contributed by atoms with Crippen molar-refractivity contribution in [3.63, 3.8) is 0 Å². The SMILES string of the molecule is CCCN(CC)C(=O)N1CCCc2c(C(=O)O)cccc21. The first-order valence-corrected chi connectivity index (χ1v) is 7.51. The summed E-state index contributed by atoms with van der Waals surface area (Å²) < 4.78 is 0. The number of aromatic carboxylic acids is 1. The first kappa shape index (κ1) is 15.4. The van der Waals surface area contributed by atoms with Crippen LogP contribution in [0.1, 0.15) is 42.6 Å². The molecule has 1 aromatic rings. The number of carbonyl (C=O) groups is 2. The number of amides is 2. The van der Waals surface area contributed by atoms with Crippen molar-refractivity contribution in [3.05, 3.63) is 29.3 Å². The van der Waals surface area contributed by atoms with Gasteiger partial charge in [-0.25, -0.2) is 9.59 Å². The summed E-state index contributed by atoms with van der Waals surface area (Å²) in [6.45, 7) is 6.04. The van der Waals surface area contributed by atoms with Crippen LogP contribution in [0.15, 0.2) is 18.2 Å². The van der Waals surface area contributed by atoms with Crippen molar-refractivity contribution in [2.24, 2.45) is 0 Å². The topological polar surface area (TPSA) is 60.9 Å². The summed E-state index contributed by atoms with van der Waals surface area (Å²) in [4.78, 5) is 27.5. The highest BCUT2D eigenvalue weighted by molar-refractivity contribution is 5.97. The van der Waals surface area contributed by atoms with E-state index in [1.807, 2.05) is 24.8 Å². The van der Waals surface area contributed by atoms with Crippen LogP contribution in [0.25, 0.3) is 0 Å². The van der Waals surface area contributed by atoms with E-state index in [0.717, 1.165) is 30.6 Å². The van der Waals surface area contributed by atoms with Gasteiger partial charge in [-0.15, -0.1) is 0 Å². The van der Waals surface area contributed by atoms with Crippen molar-refractivity contribution in [1.29, 1.82) is 0 Å². The Morgan fingerprint density at radius 2 is 2.10 bits per heavy atom. The molecule has 21 heavy (non-hydrogen) atoms. The number of hydrogen-bond acceptors (Lipinski definition) is 2. The molecule has 0 unspecified atom stereocenters. The molecule has 0 saturated heterocycles. The second kappa shape index (κ2) is 6.61. The number of anilines is 1. The summed E-state index contributed by atoms with van der Waals surface area (Å²) in [5.41, 5.74) is 1.83. The zero-order valence-electron chi connectivity index (χ0n) is 12.6. The monoisotopic (exact) mass is 290 g/mol. The summed E-state index contributed by atoms with van der Waals surface area (Å²) in [5, 5.41) is 9.29. The van der Waals surface area contributed by atoms with Crippen molar-refractivity contribution in [1.82, 2.24) is 4.90 Å². The van der Waals surface area contributed by atoms with Gasteiger partial charge in [0.15, 0.2) is 0 Å². The van der Waals surface area contributed by atoms with Crippen LogP contribution < -0.4 is 4.90 Å². The van der Waals surface area contributed by atoms with Gasteiger partial charge in [0, 0.05) is 25.3 Å². The molecule has 1 aliphatic heterocycles. The van der Waals surface area contributed by atoms with Crippen LogP contribution in [0.3, 0.4) is 0 Å². The molecule has 1 aliphatic rings. The number of carboxylic acid groups (broad SMARTS) is 1. The maximum absolute atomic E-state index is 12.7. The quantitative estimate of drug-likeness (QED) is 0.927. The number of hydrogen-bond donors (Lipinski definition) is 1. The van der Waals surface area contributed by atoms with Crippen LogP contribution >= 0.6 is 0 Å². The molecule has 0 aliphatic carbocycles. The molecule has 114 valence electrons. The molecule has 0 fully saturated rings. The van der Waals surface area contributed by atoms with Gasteiger partial charge in [-0.2, -0.15) is 0 Å². The molecular formula is C16H22N2O3. The van der Waals surface area contributed by atoms with E-state index in [4.69, 9.17) is 0 Å². The van der Waals surface area contributed by atoms with Crippen LogP contribution in [-0.4, -0.2) is 41.6 Å². The van der Waals surface area contributed by atoms with Crippen LogP contribution in [0, 0.1) is 0 Å². The van der Waals surface area contributed by atoms with Crippen molar-refractivity contribution in [2.75, 3.05) is 24.5 Å². The maximum Gasteiger partial charge on any atom is 0.336 e. The van der Waals surface area contributed by atoms with E-state index in [0.29, 0.717) is 25.1 Å². The van der Waals surface area contributed by atoms with E-state index < -0.39 is 5.97 Å². The van der Waals surface area contributed by atoms with Gasteiger partial charge >= 0.3 is 12.0 Å². The average molecular weight is 290 g/mol. The zero-order valence-corrected chi connectivity index (χ0v) is 12.6. The third-order valence-electron chi connectivity index (χ3n) is 3.86. The van der Waals surface area contributed by atoms with Gasteiger partial charge in [0.1, 0.15) is 0 Å². The third kappa shape index (κ3) is 3.01. The van der Waals surface area contributed by atoms with E-state index in [9.17, 15) is 14.7 Å². The Morgan fingerprint density at radius 1 is 1.33 bits per heavy atom. The predicted octanol–water partition coefficient (Wildman–Crippen LogP) is 2.99. The normalized spacial score (nSPS) is 13.7. The molecule has 1 N–H and O–H groups in total. The summed E-state index contributed by atoms with van der Waals surface area (Å²) in [6, 6.07) is 5.14. The van der Waals surface area contributed by atoms with Gasteiger partial charge in [0.25, 0.3) is 0 Å². The van der Waals surface area contributed by atoms with Crippen molar-refractivity contribution in [3.8, 4) is 0 Å². The molecule has 5 heteroatoms. The molecule has 0 aromatic heterocycles. The highest BCUT2D eigenvalue weighted by Gasteiger charge is 2.28. The van der Waals surface area contributed by atoms with Gasteiger partial charge in [-0.05, 0) is 43.9 Å². The van der Waals surface area contributed by atoms with Crippen molar-refractivity contribution in [2.45, 2.75) is 33.1 Å². The van der Waals surface area contributed by atoms with Crippen LogP contribution in [0.4, 0.5) is 10.5 Å². The third-order valence-corrected chi connectivity index (χ3v) is 3.86. The predicted molar refractivity (Wildman–Crippen MR) is 82.0 cm³/mol. The highest BCUT2D eigenvalue weighted by atomic mass is 16.4. The van der Waals surface area contributed by atoms with Crippen LogP contribution in [0.5, 0.6) is 0 Å². The number of carboxylic acids is 1.